The number of hydrogen-bond donors (Lipinski definition) is 1. The van der Waals surface area contributed by atoms with E-state index in [1.165, 1.54) is 23.2 Å². The predicted octanol–water partition coefficient (Wildman–Crippen LogP) is 3.63. The second-order valence-electron chi connectivity index (χ2n) is 7.93. The summed E-state index contributed by atoms with van der Waals surface area (Å²) in [7, 11) is 0. The number of nitrogens with one attached hydrogen (secondary N) is 1. The SMILES string of the molecule is Cc1ccc(-n2ncc(C(=O)N3CCC(NC(=O)c4cccnc4)CC3)c2C(F)(F)F)cc1. The summed E-state index contributed by atoms with van der Waals surface area (Å²) in [5.41, 5.74) is -0.0309. The quantitative estimate of drug-likeness (QED) is 0.649. The molecule has 0 aliphatic carbocycles. The molecule has 33 heavy (non-hydrogen) atoms. The smallest absolute Gasteiger partial charge is 0.349 e. The molecule has 172 valence electrons. The highest BCUT2D eigenvalue weighted by Gasteiger charge is 2.41. The van der Waals surface area contributed by atoms with Crippen molar-refractivity contribution in [3.63, 3.8) is 0 Å². The Kier molecular flexibility index (Phi) is 6.17. The van der Waals surface area contributed by atoms with Gasteiger partial charge in [0.25, 0.3) is 11.8 Å². The van der Waals surface area contributed by atoms with Crippen molar-refractivity contribution in [2.24, 2.45) is 0 Å². The lowest BCUT2D eigenvalue weighted by Gasteiger charge is -2.32. The van der Waals surface area contributed by atoms with Gasteiger partial charge in [-0.1, -0.05) is 17.7 Å². The molecule has 3 heterocycles. The molecule has 1 aromatic carbocycles. The number of halogens is 3. The first-order chi connectivity index (χ1) is 15.7. The number of rotatable bonds is 4. The monoisotopic (exact) mass is 457 g/mol. The van der Waals surface area contributed by atoms with Crippen LogP contribution in [0.2, 0.25) is 0 Å². The van der Waals surface area contributed by atoms with Crippen molar-refractivity contribution in [2.45, 2.75) is 32.0 Å². The largest absolute Gasteiger partial charge is 0.434 e. The number of carbonyl (C=O) groups excluding carboxylic acids is 2. The van der Waals surface area contributed by atoms with Gasteiger partial charge in [-0.15, -0.1) is 0 Å². The molecule has 0 spiro atoms. The fraction of sp³-hybridized carbons (Fsp3) is 0.304. The van der Waals surface area contributed by atoms with E-state index in [1.54, 1.807) is 30.5 Å². The molecule has 7 nitrogen and oxygen atoms in total. The number of pyridine rings is 1. The Hall–Kier alpha value is -3.69. The highest BCUT2D eigenvalue weighted by atomic mass is 19.4. The van der Waals surface area contributed by atoms with Crippen molar-refractivity contribution in [3.05, 3.63) is 77.4 Å². The molecule has 1 aliphatic rings. The molecular weight excluding hydrogens is 435 g/mol. The molecule has 2 amide bonds. The number of aryl methyl sites for hydroxylation is 1. The zero-order chi connectivity index (χ0) is 23.6. The van der Waals surface area contributed by atoms with Crippen LogP contribution in [0.25, 0.3) is 5.69 Å². The van der Waals surface area contributed by atoms with Gasteiger partial charge in [-0.25, -0.2) is 4.68 Å². The highest BCUT2D eigenvalue weighted by Crippen LogP contribution is 2.34. The average Bonchev–Trinajstić information content (AvgIpc) is 3.26. The third-order valence-corrected chi connectivity index (χ3v) is 5.59. The topological polar surface area (TPSA) is 80.1 Å². The van der Waals surface area contributed by atoms with Crippen LogP contribution in [-0.4, -0.2) is 50.6 Å². The van der Waals surface area contributed by atoms with Crippen LogP contribution in [0.4, 0.5) is 13.2 Å². The van der Waals surface area contributed by atoms with E-state index in [9.17, 15) is 22.8 Å². The molecule has 0 bridgehead atoms. The lowest BCUT2D eigenvalue weighted by atomic mass is 10.0. The summed E-state index contributed by atoms with van der Waals surface area (Å²) in [4.78, 5) is 30.6. The number of carbonyl (C=O) groups is 2. The van der Waals surface area contributed by atoms with Crippen LogP contribution in [0.15, 0.2) is 55.0 Å². The van der Waals surface area contributed by atoms with E-state index in [1.807, 2.05) is 6.92 Å². The number of aromatic nitrogens is 3. The Morgan fingerprint density at radius 3 is 2.36 bits per heavy atom. The number of piperidine rings is 1. The molecule has 3 aromatic rings. The first-order valence-corrected chi connectivity index (χ1v) is 10.5. The van der Waals surface area contributed by atoms with Gasteiger partial charge in [-0.2, -0.15) is 18.3 Å². The van der Waals surface area contributed by atoms with Gasteiger partial charge in [0.1, 0.15) is 0 Å². The maximum absolute atomic E-state index is 13.9. The Morgan fingerprint density at radius 2 is 1.76 bits per heavy atom. The number of likely N-dealkylation sites (tertiary alicyclic amines) is 1. The van der Waals surface area contributed by atoms with Crippen LogP contribution < -0.4 is 5.32 Å². The molecule has 1 N–H and O–H groups in total. The standard InChI is InChI=1S/C23H22F3N5O2/c1-15-4-6-18(7-5-15)31-20(23(24,25)26)19(14-28-31)22(33)30-11-8-17(9-12-30)29-21(32)16-3-2-10-27-13-16/h2-7,10,13-14,17H,8-9,11-12H2,1H3,(H,29,32). The van der Waals surface area contributed by atoms with Gasteiger partial charge in [0, 0.05) is 31.5 Å². The van der Waals surface area contributed by atoms with Gasteiger partial charge >= 0.3 is 6.18 Å². The fourth-order valence-corrected chi connectivity index (χ4v) is 3.82. The van der Waals surface area contributed by atoms with Crippen LogP contribution in [0.5, 0.6) is 0 Å². The van der Waals surface area contributed by atoms with Crippen LogP contribution in [0.3, 0.4) is 0 Å². The normalized spacial score (nSPS) is 14.8. The van der Waals surface area contributed by atoms with Gasteiger partial charge in [0.15, 0.2) is 5.69 Å². The Balaban J connectivity index is 1.48. The second-order valence-corrected chi connectivity index (χ2v) is 7.93. The molecule has 4 rings (SSSR count). The lowest BCUT2D eigenvalue weighted by Crippen LogP contribution is -2.46. The number of hydrogen-bond acceptors (Lipinski definition) is 4. The minimum absolute atomic E-state index is 0.181. The molecule has 1 fully saturated rings. The first kappa shape index (κ1) is 22.5. The fourth-order valence-electron chi connectivity index (χ4n) is 3.82. The summed E-state index contributed by atoms with van der Waals surface area (Å²) < 4.78 is 42.5. The van der Waals surface area contributed by atoms with E-state index < -0.39 is 23.3 Å². The molecule has 0 atom stereocenters. The van der Waals surface area contributed by atoms with Crippen LogP contribution in [0.1, 0.15) is 44.8 Å². The van der Waals surface area contributed by atoms with Crippen molar-refractivity contribution >= 4 is 11.8 Å². The second kappa shape index (κ2) is 9.05. The number of benzene rings is 1. The maximum Gasteiger partial charge on any atom is 0.434 e. The molecule has 1 saturated heterocycles. The van der Waals surface area contributed by atoms with Gasteiger partial charge in [0.05, 0.1) is 23.0 Å². The Morgan fingerprint density at radius 1 is 1.06 bits per heavy atom. The number of nitrogens with zero attached hydrogens (tertiary/aromatic N) is 4. The molecule has 10 heteroatoms. The average molecular weight is 457 g/mol. The van der Waals surface area contributed by atoms with E-state index in [-0.39, 0.29) is 30.7 Å². The van der Waals surface area contributed by atoms with Crippen molar-refractivity contribution in [2.75, 3.05) is 13.1 Å². The van der Waals surface area contributed by atoms with E-state index in [0.717, 1.165) is 16.4 Å². The van der Waals surface area contributed by atoms with Crippen molar-refractivity contribution in [3.8, 4) is 5.69 Å². The van der Waals surface area contributed by atoms with E-state index in [4.69, 9.17) is 0 Å². The van der Waals surface area contributed by atoms with Crippen molar-refractivity contribution < 1.29 is 22.8 Å². The van der Waals surface area contributed by atoms with E-state index in [2.05, 4.69) is 15.4 Å². The Bertz CT molecular complexity index is 1140. The third kappa shape index (κ3) is 4.89. The maximum atomic E-state index is 13.9. The zero-order valence-corrected chi connectivity index (χ0v) is 17.8. The van der Waals surface area contributed by atoms with Crippen molar-refractivity contribution in [1.82, 2.24) is 25.0 Å². The molecule has 1 aliphatic heterocycles. The van der Waals surface area contributed by atoms with Gasteiger partial charge in [-0.3, -0.25) is 14.6 Å². The van der Waals surface area contributed by atoms with Crippen LogP contribution in [-0.2, 0) is 6.18 Å². The summed E-state index contributed by atoms with van der Waals surface area (Å²) in [5.74, 6) is -0.996. The first-order valence-electron chi connectivity index (χ1n) is 10.5. The summed E-state index contributed by atoms with van der Waals surface area (Å²) in [5, 5.41) is 6.76. The lowest BCUT2D eigenvalue weighted by molar-refractivity contribution is -0.143. The van der Waals surface area contributed by atoms with Crippen LogP contribution in [0, 0.1) is 6.92 Å². The minimum Gasteiger partial charge on any atom is -0.349 e. The highest BCUT2D eigenvalue weighted by molar-refractivity contribution is 5.96. The number of alkyl halides is 3. The molecule has 0 saturated carbocycles. The minimum atomic E-state index is -4.76. The summed E-state index contributed by atoms with van der Waals surface area (Å²) in [6, 6.07) is 9.55. The van der Waals surface area contributed by atoms with E-state index in [0.29, 0.717) is 18.4 Å². The van der Waals surface area contributed by atoms with Crippen LogP contribution >= 0.6 is 0 Å². The summed E-state index contributed by atoms with van der Waals surface area (Å²) >= 11 is 0. The zero-order valence-electron chi connectivity index (χ0n) is 17.8. The number of amides is 2. The summed E-state index contributed by atoms with van der Waals surface area (Å²) in [6.07, 6.45) is 0.107. The predicted molar refractivity (Wildman–Crippen MR) is 114 cm³/mol. The van der Waals surface area contributed by atoms with Gasteiger partial charge in [-0.05, 0) is 44.0 Å². The molecule has 2 aromatic heterocycles. The third-order valence-electron chi connectivity index (χ3n) is 5.59. The van der Waals surface area contributed by atoms with Gasteiger partial charge in [0.2, 0.25) is 0 Å². The van der Waals surface area contributed by atoms with E-state index >= 15 is 0 Å². The molecule has 0 unspecified atom stereocenters. The van der Waals surface area contributed by atoms with Crippen molar-refractivity contribution in [1.29, 1.82) is 0 Å². The van der Waals surface area contributed by atoms with Gasteiger partial charge < -0.3 is 10.2 Å². The Labute approximate surface area is 188 Å². The molecule has 0 radical (unpaired) electrons. The summed E-state index contributed by atoms with van der Waals surface area (Å²) in [6.45, 7) is 2.28. The molecular formula is C23H22F3N5O2.